The van der Waals surface area contributed by atoms with Crippen molar-refractivity contribution in [2.75, 3.05) is 27.4 Å². The van der Waals surface area contributed by atoms with Crippen LogP contribution in [-0.2, 0) is 11.3 Å². The van der Waals surface area contributed by atoms with Crippen LogP contribution in [0.15, 0.2) is 18.2 Å². The Bertz CT molecular complexity index is 391. The zero-order valence-electron chi connectivity index (χ0n) is 11.8. The molecule has 1 aliphatic carbocycles. The zero-order chi connectivity index (χ0) is 13.5. The summed E-state index contributed by atoms with van der Waals surface area (Å²) in [5.74, 6) is 1.74. The van der Waals surface area contributed by atoms with E-state index in [2.05, 4.69) is 11.4 Å². The molecule has 2 rings (SSSR count). The van der Waals surface area contributed by atoms with Crippen LogP contribution in [0.2, 0.25) is 0 Å². The van der Waals surface area contributed by atoms with Crippen LogP contribution in [0.4, 0.5) is 0 Å². The summed E-state index contributed by atoms with van der Waals surface area (Å²) in [6.45, 7) is 2.24. The highest BCUT2D eigenvalue weighted by Gasteiger charge is 2.20. The van der Waals surface area contributed by atoms with Crippen LogP contribution in [0.25, 0.3) is 0 Å². The number of hydrogen-bond acceptors (Lipinski definition) is 4. The van der Waals surface area contributed by atoms with Crippen molar-refractivity contribution in [3.8, 4) is 11.5 Å². The number of ether oxygens (including phenoxy) is 3. The Kier molecular flexibility index (Phi) is 5.48. The van der Waals surface area contributed by atoms with Crippen molar-refractivity contribution >= 4 is 0 Å². The maximum atomic E-state index is 5.83. The highest BCUT2D eigenvalue weighted by molar-refractivity contribution is 5.40. The lowest BCUT2D eigenvalue weighted by Gasteiger charge is -2.13. The first-order valence-corrected chi connectivity index (χ1v) is 6.85. The van der Waals surface area contributed by atoms with Crippen LogP contribution in [0.1, 0.15) is 24.8 Å². The van der Waals surface area contributed by atoms with Crippen LogP contribution in [0, 0.1) is 0 Å². The second-order valence-corrected chi connectivity index (χ2v) is 4.82. The summed E-state index contributed by atoms with van der Waals surface area (Å²) >= 11 is 0. The van der Waals surface area contributed by atoms with Gasteiger partial charge in [-0.25, -0.2) is 0 Å². The fourth-order valence-corrected chi connectivity index (χ4v) is 1.87. The van der Waals surface area contributed by atoms with Crippen LogP contribution >= 0.6 is 0 Å². The third kappa shape index (κ3) is 4.73. The first kappa shape index (κ1) is 14.2. The average molecular weight is 265 g/mol. The van der Waals surface area contributed by atoms with E-state index in [-0.39, 0.29) is 0 Å². The van der Waals surface area contributed by atoms with Gasteiger partial charge >= 0.3 is 0 Å². The molecule has 1 aromatic rings. The number of benzene rings is 1. The van der Waals surface area contributed by atoms with Gasteiger partial charge in [0, 0.05) is 44.4 Å². The van der Waals surface area contributed by atoms with E-state index in [0.29, 0.717) is 12.6 Å². The molecule has 1 fully saturated rings. The molecule has 0 atom stereocenters. The van der Waals surface area contributed by atoms with Crippen molar-refractivity contribution in [1.29, 1.82) is 0 Å². The minimum atomic E-state index is 0.664. The molecule has 19 heavy (non-hydrogen) atoms. The molecule has 4 nitrogen and oxygen atoms in total. The molecule has 0 bridgehead atoms. The van der Waals surface area contributed by atoms with Gasteiger partial charge in [0.2, 0.25) is 0 Å². The molecule has 1 N–H and O–H groups in total. The highest BCUT2D eigenvalue weighted by atomic mass is 16.5. The van der Waals surface area contributed by atoms with E-state index >= 15 is 0 Å². The molecule has 0 saturated heterocycles. The zero-order valence-corrected chi connectivity index (χ0v) is 11.8. The summed E-state index contributed by atoms with van der Waals surface area (Å²) in [6, 6.07) is 6.70. The largest absolute Gasteiger partial charge is 0.497 e. The van der Waals surface area contributed by atoms with Crippen LogP contribution < -0.4 is 14.8 Å². The molecule has 0 heterocycles. The average Bonchev–Trinajstić information content (AvgIpc) is 3.26. The lowest BCUT2D eigenvalue weighted by Crippen LogP contribution is -2.16. The van der Waals surface area contributed by atoms with E-state index in [1.54, 1.807) is 14.2 Å². The molecule has 1 aromatic carbocycles. The minimum Gasteiger partial charge on any atom is -0.497 e. The number of methoxy groups -OCH3 is 2. The van der Waals surface area contributed by atoms with Gasteiger partial charge in [0.15, 0.2) is 0 Å². The third-order valence-corrected chi connectivity index (χ3v) is 3.18. The summed E-state index contributed by atoms with van der Waals surface area (Å²) in [6.07, 6.45) is 3.48. The molecule has 0 radical (unpaired) electrons. The lowest BCUT2D eigenvalue weighted by molar-refractivity contribution is 0.171. The van der Waals surface area contributed by atoms with E-state index < -0.39 is 0 Å². The molecule has 0 aliphatic heterocycles. The topological polar surface area (TPSA) is 39.7 Å². The standard InChI is InChI=1S/C15H23NO3/c1-17-8-3-9-19-15-10-14(18-2)7-4-12(15)11-16-13-5-6-13/h4,7,10,13,16H,3,5-6,8-9,11H2,1-2H3. The predicted octanol–water partition coefficient (Wildman–Crippen LogP) is 2.36. The van der Waals surface area contributed by atoms with E-state index in [1.807, 2.05) is 12.1 Å². The highest BCUT2D eigenvalue weighted by Crippen LogP contribution is 2.26. The molecule has 0 aromatic heterocycles. The molecular formula is C15H23NO3. The Labute approximate surface area is 115 Å². The van der Waals surface area contributed by atoms with Crippen molar-refractivity contribution in [2.24, 2.45) is 0 Å². The van der Waals surface area contributed by atoms with Gasteiger partial charge in [-0.2, -0.15) is 0 Å². The third-order valence-electron chi connectivity index (χ3n) is 3.18. The van der Waals surface area contributed by atoms with Crippen molar-refractivity contribution in [3.63, 3.8) is 0 Å². The maximum Gasteiger partial charge on any atom is 0.127 e. The van der Waals surface area contributed by atoms with Crippen molar-refractivity contribution in [2.45, 2.75) is 31.8 Å². The Morgan fingerprint density at radius 1 is 1.21 bits per heavy atom. The fourth-order valence-electron chi connectivity index (χ4n) is 1.87. The second kappa shape index (κ2) is 7.36. The van der Waals surface area contributed by atoms with Crippen molar-refractivity contribution in [3.05, 3.63) is 23.8 Å². The summed E-state index contributed by atoms with van der Waals surface area (Å²) in [5.41, 5.74) is 1.19. The van der Waals surface area contributed by atoms with Crippen LogP contribution in [0.5, 0.6) is 11.5 Å². The van der Waals surface area contributed by atoms with Crippen LogP contribution in [-0.4, -0.2) is 33.5 Å². The smallest absolute Gasteiger partial charge is 0.127 e. The van der Waals surface area contributed by atoms with Gasteiger partial charge in [-0.05, 0) is 18.9 Å². The van der Waals surface area contributed by atoms with Gasteiger partial charge in [0.05, 0.1) is 13.7 Å². The molecule has 4 heteroatoms. The predicted molar refractivity (Wildman–Crippen MR) is 74.8 cm³/mol. The summed E-state index contributed by atoms with van der Waals surface area (Å²) in [4.78, 5) is 0. The van der Waals surface area contributed by atoms with Gasteiger partial charge < -0.3 is 19.5 Å². The monoisotopic (exact) mass is 265 g/mol. The van der Waals surface area contributed by atoms with Crippen molar-refractivity contribution in [1.82, 2.24) is 5.32 Å². The van der Waals surface area contributed by atoms with Gasteiger partial charge in [0.1, 0.15) is 11.5 Å². The van der Waals surface area contributed by atoms with Gasteiger partial charge in [0.25, 0.3) is 0 Å². The fraction of sp³-hybridized carbons (Fsp3) is 0.600. The van der Waals surface area contributed by atoms with E-state index in [4.69, 9.17) is 14.2 Å². The minimum absolute atomic E-state index is 0.664. The SMILES string of the molecule is COCCCOc1cc(OC)ccc1CNC1CC1. The summed E-state index contributed by atoms with van der Waals surface area (Å²) < 4.78 is 16.1. The van der Waals surface area contributed by atoms with Crippen LogP contribution in [0.3, 0.4) is 0 Å². The molecule has 1 aliphatic rings. The summed E-state index contributed by atoms with van der Waals surface area (Å²) in [7, 11) is 3.38. The van der Waals surface area contributed by atoms with Gasteiger partial charge in [-0.3, -0.25) is 0 Å². The van der Waals surface area contributed by atoms with Gasteiger partial charge in [-0.15, -0.1) is 0 Å². The first-order valence-electron chi connectivity index (χ1n) is 6.85. The Hall–Kier alpha value is -1.26. The quantitative estimate of drug-likeness (QED) is 0.696. The van der Waals surface area contributed by atoms with E-state index in [1.165, 1.54) is 18.4 Å². The maximum absolute atomic E-state index is 5.83. The number of nitrogens with one attached hydrogen (secondary N) is 1. The molecule has 0 amide bonds. The number of hydrogen-bond donors (Lipinski definition) is 1. The normalized spacial score (nSPS) is 14.4. The lowest BCUT2D eigenvalue weighted by atomic mass is 10.2. The molecule has 1 saturated carbocycles. The Morgan fingerprint density at radius 3 is 2.74 bits per heavy atom. The molecule has 106 valence electrons. The first-order chi connectivity index (χ1) is 9.33. The van der Waals surface area contributed by atoms with E-state index in [0.717, 1.165) is 31.1 Å². The Morgan fingerprint density at radius 2 is 2.05 bits per heavy atom. The van der Waals surface area contributed by atoms with Gasteiger partial charge in [-0.1, -0.05) is 6.07 Å². The van der Waals surface area contributed by atoms with Crippen molar-refractivity contribution < 1.29 is 14.2 Å². The second-order valence-electron chi connectivity index (χ2n) is 4.82. The molecule has 0 spiro atoms. The number of rotatable bonds is 9. The summed E-state index contributed by atoms with van der Waals surface area (Å²) in [5, 5.41) is 3.51. The Balaban J connectivity index is 1.93. The molecule has 0 unspecified atom stereocenters. The molecular weight excluding hydrogens is 242 g/mol. The van der Waals surface area contributed by atoms with E-state index in [9.17, 15) is 0 Å².